The van der Waals surface area contributed by atoms with Crippen molar-refractivity contribution in [2.45, 2.75) is 39.2 Å². The van der Waals surface area contributed by atoms with Gasteiger partial charge < -0.3 is 4.57 Å². The lowest BCUT2D eigenvalue weighted by molar-refractivity contribution is 0.497. The Labute approximate surface area is 123 Å². The van der Waals surface area contributed by atoms with Gasteiger partial charge in [-0.1, -0.05) is 44.5 Å². The van der Waals surface area contributed by atoms with Crippen LogP contribution in [0.25, 0.3) is 0 Å². The maximum Gasteiger partial charge on any atom is 0.225 e. The molecular weight excluding hydrogens is 281 g/mol. The van der Waals surface area contributed by atoms with Gasteiger partial charge in [-0.2, -0.15) is 0 Å². The van der Waals surface area contributed by atoms with Crippen molar-refractivity contribution in [3.8, 4) is 0 Å². The van der Waals surface area contributed by atoms with Crippen LogP contribution in [0.5, 0.6) is 0 Å². The second kappa shape index (κ2) is 5.51. The Balaban J connectivity index is 2.15. The maximum atomic E-state index is 6.11. The van der Waals surface area contributed by atoms with Crippen LogP contribution in [-0.2, 0) is 18.4 Å². The van der Waals surface area contributed by atoms with Crippen LogP contribution < -0.4 is 0 Å². The summed E-state index contributed by atoms with van der Waals surface area (Å²) in [6.07, 6.45) is 0.873. The van der Waals surface area contributed by atoms with Gasteiger partial charge in [-0.3, -0.25) is 0 Å². The number of nitrogens with zero attached hydrogens (tertiary/aromatic N) is 3. The van der Waals surface area contributed by atoms with Crippen molar-refractivity contribution in [1.82, 2.24) is 14.8 Å². The molecule has 0 aliphatic heterocycles. The number of hydrogen-bond acceptors (Lipinski definition) is 2. The average molecular weight is 298 g/mol. The molecule has 19 heavy (non-hydrogen) atoms. The first kappa shape index (κ1) is 14.4. The molecule has 0 atom stereocenters. The van der Waals surface area contributed by atoms with Crippen molar-refractivity contribution in [3.63, 3.8) is 0 Å². The first-order valence-corrected chi connectivity index (χ1v) is 6.97. The summed E-state index contributed by atoms with van der Waals surface area (Å²) >= 11 is 12.0. The van der Waals surface area contributed by atoms with Crippen molar-refractivity contribution in [3.05, 3.63) is 46.0 Å². The second-order valence-corrected chi connectivity index (χ2v) is 6.35. The quantitative estimate of drug-likeness (QED) is 0.853. The highest BCUT2D eigenvalue weighted by Gasteiger charge is 2.22. The SMILES string of the molecule is CC(C)(C)c1nnc(Cl)n1CCc1ccc(Cl)cc1. The van der Waals surface area contributed by atoms with Gasteiger partial charge in [0.05, 0.1) is 0 Å². The Kier molecular flexibility index (Phi) is 4.16. The van der Waals surface area contributed by atoms with Crippen LogP contribution in [0.3, 0.4) is 0 Å². The van der Waals surface area contributed by atoms with E-state index in [-0.39, 0.29) is 5.41 Å². The van der Waals surface area contributed by atoms with E-state index >= 15 is 0 Å². The van der Waals surface area contributed by atoms with Gasteiger partial charge in [0.1, 0.15) is 5.82 Å². The molecule has 102 valence electrons. The molecule has 2 rings (SSSR count). The van der Waals surface area contributed by atoms with Crippen molar-refractivity contribution < 1.29 is 0 Å². The molecule has 0 N–H and O–H groups in total. The van der Waals surface area contributed by atoms with Gasteiger partial charge in [-0.05, 0) is 35.7 Å². The molecule has 0 aliphatic carbocycles. The molecule has 0 unspecified atom stereocenters. The van der Waals surface area contributed by atoms with Gasteiger partial charge in [0.25, 0.3) is 0 Å². The minimum Gasteiger partial charge on any atom is -0.301 e. The van der Waals surface area contributed by atoms with Gasteiger partial charge in [0.15, 0.2) is 0 Å². The molecule has 0 bridgehead atoms. The van der Waals surface area contributed by atoms with Gasteiger partial charge in [-0.25, -0.2) is 0 Å². The van der Waals surface area contributed by atoms with Gasteiger partial charge in [0, 0.05) is 17.0 Å². The highest BCUT2D eigenvalue weighted by atomic mass is 35.5. The Bertz CT molecular complexity index is 553. The summed E-state index contributed by atoms with van der Waals surface area (Å²) in [6.45, 7) is 7.07. The molecule has 0 amide bonds. The summed E-state index contributed by atoms with van der Waals surface area (Å²) in [5.41, 5.74) is 1.15. The number of aromatic nitrogens is 3. The third kappa shape index (κ3) is 3.48. The van der Waals surface area contributed by atoms with Crippen molar-refractivity contribution in [1.29, 1.82) is 0 Å². The predicted octanol–water partition coefficient (Wildman–Crippen LogP) is 4.13. The van der Waals surface area contributed by atoms with Crippen LogP contribution in [-0.4, -0.2) is 14.8 Å². The van der Waals surface area contributed by atoms with E-state index in [0.717, 1.165) is 23.8 Å². The number of rotatable bonds is 3. The minimum atomic E-state index is -0.0693. The first-order valence-electron chi connectivity index (χ1n) is 6.21. The van der Waals surface area contributed by atoms with Crippen LogP contribution >= 0.6 is 23.2 Å². The van der Waals surface area contributed by atoms with E-state index < -0.39 is 0 Å². The Morgan fingerprint density at radius 1 is 1.05 bits per heavy atom. The average Bonchev–Trinajstić information content (AvgIpc) is 2.70. The fourth-order valence-electron chi connectivity index (χ4n) is 1.93. The third-order valence-corrected chi connectivity index (χ3v) is 3.45. The van der Waals surface area contributed by atoms with E-state index in [2.05, 4.69) is 31.0 Å². The summed E-state index contributed by atoms with van der Waals surface area (Å²) in [6, 6.07) is 7.85. The maximum absolute atomic E-state index is 6.11. The summed E-state index contributed by atoms with van der Waals surface area (Å²) in [4.78, 5) is 0. The second-order valence-electron chi connectivity index (χ2n) is 5.57. The molecule has 2 aromatic rings. The molecule has 0 aliphatic rings. The molecule has 0 fully saturated rings. The molecule has 0 saturated heterocycles. The lowest BCUT2D eigenvalue weighted by atomic mass is 9.95. The predicted molar refractivity (Wildman–Crippen MR) is 78.9 cm³/mol. The largest absolute Gasteiger partial charge is 0.301 e. The highest BCUT2D eigenvalue weighted by Crippen LogP contribution is 2.23. The summed E-state index contributed by atoms with van der Waals surface area (Å²) in [7, 11) is 0. The standard InChI is InChI=1S/C14H17Cl2N3/c1-14(2,3)12-17-18-13(16)19(12)9-8-10-4-6-11(15)7-5-10/h4-7H,8-9H2,1-3H3. The van der Waals surface area contributed by atoms with Crippen LogP contribution in [0.4, 0.5) is 0 Å². The molecule has 0 spiro atoms. The van der Waals surface area contributed by atoms with E-state index in [1.807, 2.05) is 28.8 Å². The summed E-state index contributed by atoms with van der Waals surface area (Å²) in [5.74, 6) is 0.909. The van der Waals surface area contributed by atoms with E-state index in [0.29, 0.717) is 5.28 Å². The monoisotopic (exact) mass is 297 g/mol. The Morgan fingerprint density at radius 3 is 2.26 bits per heavy atom. The topological polar surface area (TPSA) is 30.7 Å². The smallest absolute Gasteiger partial charge is 0.225 e. The highest BCUT2D eigenvalue weighted by molar-refractivity contribution is 6.30. The molecule has 0 radical (unpaired) electrons. The summed E-state index contributed by atoms with van der Waals surface area (Å²) < 4.78 is 1.97. The van der Waals surface area contributed by atoms with E-state index in [1.165, 1.54) is 5.56 Å². The Hall–Kier alpha value is -1.06. The van der Waals surface area contributed by atoms with Crippen LogP contribution in [0.2, 0.25) is 10.3 Å². The molecule has 1 aromatic carbocycles. The number of halogens is 2. The Morgan fingerprint density at radius 2 is 1.68 bits per heavy atom. The number of benzene rings is 1. The normalized spacial score (nSPS) is 11.8. The molecule has 1 heterocycles. The lowest BCUT2D eigenvalue weighted by Gasteiger charge is -2.19. The van der Waals surface area contributed by atoms with Crippen LogP contribution in [0.1, 0.15) is 32.2 Å². The lowest BCUT2D eigenvalue weighted by Crippen LogP contribution is -2.20. The molecule has 3 nitrogen and oxygen atoms in total. The number of hydrogen-bond donors (Lipinski definition) is 0. The zero-order chi connectivity index (χ0) is 14.0. The van der Waals surface area contributed by atoms with Gasteiger partial charge >= 0.3 is 0 Å². The van der Waals surface area contributed by atoms with Gasteiger partial charge in [0.2, 0.25) is 5.28 Å². The molecule has 5 heteroatoms. The third-order valence-electron chi connectivity index (χ3n) is 2.91. The zero-order valence-electron chi connectivity index (χ0n) is 11.3. The van der Waals surface area contributed by atoms with E-state index in [4.69, 9.17) is 23.2 Å². The fraction of sp³-hybridized carbons (Fsp3) is 0.429. The van der Waals surface area contributed by atoms with E-state index in [9.17, 15) is 0 Å². The van der Waals surface area contributed by atoms with Gasteiger partial charge in [-0.15, -0.1) is 10.2 Å². The zero-order valence-corrected chi connectivity index (χ0v) is 12.8. The minimum absolute atomic E-state index is 0.0693. The van der Waals surface area contributed by atoms with Crippen LogP contribution in [0.15, 0.2) is 24.3 Å². The molecule has 1 aromatic heterocycles. The van der Waals surface area contributed by atoms with Crippen LogP contribution in [0, 0.1) is 0 Å². The fourth-order valence-corrected chi connectivity index (χ4v) is 2.26. The van der Waals surface area contributed by atoms with Crippen molar-refractivity contribution in [2.75, 3.05) is 0 Å². The molecule has 0 saturated carbocycles. The van der Waals surface area contributed by atoms with E-state index in [1.54, 1.807) is 0 Å². The van der Waals surface area contributed by atoms with Crippen molar-refractivity contribution >= 4 is 23.2 Å². The number of aryl methyl sites for hydroxylation is 1. The first-order chi connectivity index (χ1) is 8.88. The van der Waals surface area contributed by atoms with Crippen molar-refractivity contribution in [2.24, 2.45) is 0 Å². The summed E-state index contributed by atoms with van der Waals surface area (Å²) in [5, 5.41) is 9.33. The molecular formula is C14H17Cl2N3.